The molecular formula is C20H46P2+2. The summed E-state index contributed by atoms with van der Waals surface area (Å²) in [4.78, 5) is 0. The molecule has 0 radical (unpaired) electrons. The second kappa shape index (κ2) is 13.2. The minimum absolute atomic E-state index is 0.636. The summed E-state index contributed by atoms with van der Waals surface area (Å²) in [6.45, 7) is 14.5. The summed E-state index contributed by atoms with van der Waals surface area (Å²) in [5, 5.41) is 0. The Balaban J connectivity index is 5.04. The fourth-order valence-electron chi connectivity index (χ4n) is 4.61. The Hall–Kier alpha value is 0.860. The third-order valence-electron chi connectivity index (χ3n) is 5.24. The molecule has 0 aliphatic rings. The van der Waals surface area contributed by atoms with Gasteiger partial charge in [0.1, 0.15) is 0 Å². The van der Waals surface area contributed by atoms with E-state index in [4.69, 9.17) is 0 Å². The summed E-state index contributed by atoms with van der Waals surface area (Å²) >= 11 is 0. The van der Waals surface area contributed by atoms with E-state index >= 15 is 0 Å². The molecule has 0 nitrogen and oxygen atoms in total. The van der Waals surface area contributed by atoms with E-state index in [0.717, 1.165) is 0 Å². The molecule has 0 aromatic heterocycles. The molecule has 0 bridgehead atoms. The van der Waals surface area contributed by atoms with Gasteiger partial charge in [-0.3, -0.25) is 0 Å². The van der Waals surface area contributed by atoms with E-state index in [0.29, 0.717) is 0 Å². The number of hydrogen-bond donors (Lipinski definition) is 0. The van der Waals surface area contributed by atoms with Crippen LogP contribution in [0.4, 0.5) is 0 Å². The molecule has 0 fully saturated rings. The summed E-state index contributed by atoms with van der Waals surface area (Å²) in [7, 11) is -1.27. The standard InChI is InChI=1S/C20H46P2/c1-7-13-21(14-8-2,15-9-3)19-20-22(16-10-4,17-11-5)18-12-6/h7-20H2,1-6H3/q+2. The van der Waals surface area contributed by atoms with Crippen molar-refractivity contribution < 1.29 is 0 Å². The number of hydrogen-bond acceptors (Lipinski definition) is 0. The summed E-state index contributed by atoms with van der Waals surface area (Å²) in [6, 6.07) is 0. The molecule has 2 heteroatoms. The average molecular weight is 349 g/mol. The van der Waals surface area contributed by atoms with Crippen LogP contribution < -0.4 is 0 Å². The van der Waals surface area contributed by atoms with Crippen LogP contribution in [0.5, 0.6) is 0 Å². The van der Waals surface area contributed by atoms with Gasteiger partial charge in [-0.05, 0) is 38.5 Å². The van der Waals surface area contributed by atoms with E-state index < -0.39 is 14.5 Å². The molecular weight excluding hydrogens is 302 g/mol. The molecule has 0 rings (SSSR count). The van der Waals surface area contributed by atoms with Crippen molar-refractivity contribution >= 4 is 14.5 Å². The second-order valence-electron chi connectivity index (χ2n) is 7.47. The van der Waals surface area contributed by atoms with Gasteiger partial charge in [0.15, 0.2) is 0 Å². The summed E-state index contributed by atoms with van der Waals surface area (Å²) in [5.41, 5.74) is 0. The second-order valence-corrected chi connectivity index (χ2v) is 16.4. The molecule has 134 valence electrons. The zero-order valence-corrected chi connectivity index (χ0v) is 18.6. The fourth-order valence-corrected chi connectivity index (χ4v) is 16.4. The van der Waals surface area contributed by atoms with Crippen LogP contribution in [0.1, 0.15) is 80.1 Å². The summed E-state index contributed by atoms with van der Waals surface area (Å²) in [6.07, 6.45) is 21.3. The molecule has 0 saturated carbocycles. The van der Waals surface area contributed by atoms with Crippen LogP contribution in [0.15, 0.2) is 0 Å². The van der Waals surface area contributed by atoms with Gasteiger partial charge in [0.25, 0.3) is 0 Å². The SMILES string of the molecule is CCC[P+](CCC)(CCC)CC[P+](CCC)(CCC)CCC. The smallest absolute Gasteiger partial charge is 0.0619 e. The van der Waals surface area contributed by atoms with Gasteiger partial charge in [-0.25, -0.2) is 0 Å². The van der Waals surface area contributed by atoms with E-state index in [9.17, 15) is 0 Å². The zero-order chi connectivity index (χ0) is 16.9. The first-order valence-electron chi connectivity index (χ1n) is 10.3. The largest absolute Gasteiger partial charge is 0.0929 e. The van der Waals surface area contributed by atoms with Crippen molar-refractivity contribution in [3.05, 3.63) is 0 Å². The maximum absolute atomic E-state index is 2.42. The van der Waals surface area contributed by atoms with Crippen molar-refractivity contribution in [1.82, 2.24) is 0 Å². The molecule has 0 aromatic rings. The molecule has 0 spiro atoms. The molecule has 0 heterocycles. The molecule has 0 N–H and O–H groups in total. The van der Waals surface area contributed by atoms with E-state index in [1.165, 1.54) is 38.5 Å². The Morgan fingerprint density at radius 1 is 0.318 bits per heavy atom. The van der Waals surface area contributed by atoms with Crippen LogP contribution in [0.2, 0.25) is 0 Å². The first-order chi connectivity index (χ1) is 10.6. The van der Waals surface area contributed by atoms with Crippen LogP contribution in [0, 0.1) is 0 Å². The van der Waals surface area contributed by atoms with Gasteiger partial charge in [-0.15, -0.1) is 0 Å². The molecule has 0 aliphatic heterocycles. The van der Waals surface area contributed by atoms with Gasteiger partial charge in [0.2, 0.25) is 0 Å². The van der Waals surface area contributed by atoms with Crippen molar-refractivity contribution in [2.75, 3.05) is 49.3 Å². The molecule has 22 heavy (non-hydrogen) atoms. The lowest BCUT2D eigenvalue weighted by Crippen LogP contribution is -2.19. The number of rotatable bonds is 15. The lowest BCUT2D eigenvalue weighted by molar-refractivity contribution is 0.973. The van der Waals surface area contributed by atoms with Crippen LogP contribution in [0.25, 0.3) is 0 Å². The molecule has 0 aliphatic carbocycles. The maximum Gasteiger partial charge on any atom is 0.0929 e. The lowest BCUT2D eigenvalue weighted by Gasteiger charge is -2.32. The summed E-state index contributed by atoms with van der Waals surface area (Å²) < 4.78 is 0. The topological polar surface area (TPSA) is 0 Å². The monoisotopic (exact) mass is 348 g/mol. The van der Waals surface area contributed by atoms with E-state index in [1.54, 1.807) is 49.3 Å². The van der Waals surface area contributed by atoms with Crippen molar-refractivity contribution in [3.63, 3.8) is 0 Å². The third-order valence-corrected chi connectivity index (χ3v) is 16.3. The van der Waals surface area contributed by atoms with Crippen LogP contribution >= 0.6 is 14.5 Å². The van der Waals surface area contributed by atoms with Gasteiger partial charge in [0, 0.05) is 14.5 Å². The summed E-state index contributed by atoms with van der Waals surface area (Å²) in [5.74, 6) is 0. The Morgan fingerprint density at radius 2 is 0.500 bits per heavy atom. The fraction of sp³-hybridized carbons (Fsp3) is 1.00. The lowest BCUT2D eigenvalue weighted by atomic mass is 10.6. The van der Waals surface area contributed by atoms with Gasteiger partial charge in [-0.2, -0.15) is 0 Å². The Kier molecular flexibility index (Phi) is 13.7. The van der Waals surface area contributed by atoms with Crippen LogP contribution in [-0.4, -0.2) is 49.3 Å². The maximum atomic E-state index is 2.42. The first-order valence-corrected chi connectivity index (χ1v) is 15.3. The average Bonchev–Trinajstić information content (AvgIpc) is 2.47. The zero-order valence-electron chi connectivity index (χ0n) is 16.8. The Labute approximate surface area is 144 Å². The molecule has 0 amide bonds. The third kappa shape index (κ3) is 8.11. The van der Waals surface area contributed by atoms with Crippen molar-refractivity contribution in [2.45, 2.75) is 80.1 Å². The van der Waals surface area contributed by atoms with Crippen molar-refractivity contribution in [2.24, 2.45) is 0 Å². The Morgan fingerprint density at radius 3 is 0.636 bits per heavy atom. The van der Waals surface area contributed by atoms with Crippen molar-refractivity contribution in [3.8, 4) is 0 Å². The predicted molar refractivity (Wildman–Crippen MR) is 115 cm³/mol. The normalized spacial score (nSPS) is 12.8. The van der Waals surface area contributed by atoms with Crippen LogP contribution in [-0.2, 0) is 0 Å². The highest BCUT2D eigenvalue weighted by atomic mass is 31.2. The van der Waals surface area contributed by atoms with E-state index in [2.05, 4.69) is 41.5 Å². The van der Waals surface area contributed by atoms with Gasteiger partial charge in [0.05, 0.1) is 49.3 Å². The van der Waals surface area contributed by atoms with Gasteiger partial charge >= 0.3 is 0 Å². The highest BCUT2D eigenvalue weighted by Crippen LogP contribution is 2.67. The van der Waals surface area contributed by atoms with Gasteiger partial charge < -0.3 is 0 Å². The molecule has 0 aromatic carbocycles. The Bertz CT molecular complexity index is 190. The highest BCUT2D eigenvalue weighted by molar-refractivity contribution is 7.79. The molecule has 0 atom stereocenters. The highest BCUT2D eigenvalue weighted by Gasteiger charge is 2.42. The van der Waals surface area contributed by atoms with Crippen LogP contribution in [0.3, 0.4) is 0 Å². The molecule has 0 unspecified atom stereocenters. The predicted octanol–water partition coefficient (Wildman–Crippen LogP) is 7.48. The minimum atomic E-state index is -0.636. The first kappa shape index (κ1) is 22.9. The van der Waals surface area contributed by atoms with Crippen molar-refractivity contribution in [1.29, 1.82) is 0 Å². The van der Waals surface area contributed by atoms with E-state index in [1.807, 2.05) is 0 Å². The quantitative estimate of drug-likeness (QED) is 0.269. The molecule has 0 saturated heterocycles. The van der Waals surface area contributed by atoms with Gasteiger partial charge in [-0.1, -0.05) is 41.5 Å². The minimum Gasteiger partial charge on any atom is -0.0619 e. The van der Waals surface area contributed by atoms with E-state index in [-0.39, 0.29) is 0 Å².